The molecule has 0 fully saturated rings. The first-order chi connectivity index (χ1) is 12.5. The molecular weight excluding hydrogens is 353 g/mol. The monoisotopic (exact) mass is 377 g/mol. The van der Waals surface area contributed by atoms with Gasteiger partial charge >= 0.3 is 13.5 Å². The third-order valence-electron chi connectivity index (χ3n) is 3.86. The fraction of sp³-hybridized carbons (Fsp3) is 0.263. The molecule has 26 heavy (non-hydrogen) atoms. The van der Waals surface area contributed by atoms with Crippen molar-refractivity contribution in [1.82, 2.24) is 4.90 Å². The van der Waals surface area contributed by atoms with E-state index in [2.05, 4.69) is 0 Å². The van der Waals surface area contributed by atoms with Crippen LogP contribution in [0.25, 0.3) is 0 Å². The van der Waals surface area contributed by atoms with Gasteiger partial charge in [0.1, 0.15) is 0 Å². The Kier molecular flexibility index (Phi) is 7.27. The number of rotatable bonds is 9. The Morgan fingerprint density at radius 3 is 1.65 bits per heavy atom. The average molecular weight is 377 g/mol. The van der Waals surface area contributed by atoms with Gasteiger partial charge < -0.3 is 23.8 Å². The number of benzene rings is 2. The van der Waals surface area contributed by atoms with E-state index in [0.717, 1.165) is 11.1 Å². The Balaban J connectivity index is 2.49. The molecule has 0 aliphatic carbocycles. The minimum Gasteiger partial charge on any atom is -0.479 e. The van der Waals surface area contributed by atoms with Crippen LogP contribution in [-0.4, -0.2) is 31.3 Å². The van der Waals surface area contributed by atoms with E-state index in [1.165, 1.54) is 21.3 Å². The van der Waals surface area contributed by atoms with Gasteiger partial charge in [-0.25, -0.2) is 0 Å². The Morgan fingerprint density at radius 2 is 1.31 bits per heavy atom. The van der Waals surface area contributed by atoms with E-state index in [1.54, 1.807) is 4.90 Å². The minimum absolute atomic E-state index is 0.0160. The van der Waals surface area contributed by atoms with Crippen molar-refractivity contribution >= 4 is 7.60 Å². The van der Waals surface area contributed by atoms with Crippen LogP contribution in [0.1, 0.15) is 11.1 Å². The molecule has 1 N–H and O–H groups in total. The van der Waals surface area contributed by atoms with Gasteiger partial charge in [-0.3, -0.25) is 4.57 Å². The Labute approximate surface area is 154 Å². The molecule has 0 spiro atoms. The maximum absolute atomic E-state index is 13.1. The summed E-state index contributed by atoms with van der Waals surface area (Å²) in [6.45, 7) is 0.768. The minimum atomic E-state index is -3.76. The van der Waals surface area contributed by atoms with Gasteiger partial charge in [-0.15, -0.1) is 0 Å². The van der Waals surface area contributed by atoms with Crippen LogP contribution in [0, 0.1) is 0 Å². The second kappa shape index (κ2) is 9.43. The number of nitrogens with zero attached hydrogens (tertiary/aromatic N) is 1. The van der Waals surface area contributed by atoms with Crippen molar-refractivity contribution in [2.45, 2.75) is 13.1 Å². The fourth-order valence-corrected chi connectivity index (χ4v) is 3.89. The van der Waals surface area contributed by atoms with Crippen LogP contribution >= 0.6 is 7.60 Å². The molecule has 0 bridgehead atoms. The zero-order chi connectivity index (χ0) is 19.0. The molecule has 140 valence electrons. The van der Waals surface area contributed by atoms with Crippen molar-refractivity contribution in [3.63, 3.8) is 0 Å². The van der Waals surface area contributed by atoms with Gasteiger partial charge in [-0.1, -0.05) is 60.7 Å². The third-order valence-corrected chi connectivity index (χ3v) is 5.81. The van der Waals surface area contributed by atoms with Gasteiger partial charge in [0, 0.05) is 27.3 Å². The van der Waals surface area contributed by atoms with Gasteiger partial charge in [0.25, 0.3) is 0 Å². The van der Waals surface area contributed by atoms with Gasteiger partial charge in [0.2, 0.25) is 5.44 Å². The van der Waals surface area contributed by atoms with Crippen molar-refractivity contribution in [3.8, 4) is 0 Å². The number of ether oxygens (including phenoxy) is 1. The van der Waals surface area contributed by atoms with E-state index >= 15 is 0 Å². The van der Waals surface area contributed by atoms with Crippen LogP contribution in [0.5, 0.6) is 0 Å². The first-order valence-electron chi connectivity index (χ1n) is 8.06. The van der Waals surface area contributed by atoms with E-state index < -0.39 is 13.5 Å². The zero-order valence-electron chi connectivity index (χ0n) is 15.2. The Morgan fingerprint density at radius 1 is 0.885 bits per heavy atom. The summed E-state index contributed by atoms with van der Waals surface area (Å²) in [5, 5.41) is 10.3. The van der Waals surface area contributed by atoms with Crippen LogP contribution in [0.2, 0.25) is 0 Å². The molecule has 6 nitrogen and oxygen atoms in total. The normalized spacial score (nSPS) is 12.4. The number of hydrogen-bond donors (Lipinski definition) is 1. The maximum Gasteiger partial charge on any atom is 0.384 e. The zero-order valence-corrected chi connectivity index (χ0v) is 16.1. The standard InChI is InChI=1S/C19H24NO5P/c1-23-19(21)18(26(22,24-2)25-3)20(14-16-10-6-4-7-11-16)15-17-12-8-5-9-13-17/h4-13,21H,14-15H2,1-3H3/b19-18-. The van der Waals surface area contributed by atoms with Crippen LogP contribution in [0.3, 0.4) is 0 Å². The summed E-state index contributed by atoms with van der Waals surface area (Å²) in [7, 11) is 0.0848. The summed E-state index contributed by atoms with van der Waals surface area (Å²) < 4.78 is 28.3. The van der Waals surface area contributed by atoms with Crippen LogP contribution in [-0.2, 0) is 31.4 Å². The fourth-order valence-electron chi connectivity index (χ4n) is 2.58. The Bertz CT molecular complexity index is 715. The van der Waals surface area contributed by atoms with Gasteiger partial charge in [-0.05, 0) is 11.1 Å². The maximum atomic E-state index is 13.1. The molecule has 7 heteroatoms. The average Bonchev–Trinajstić information content (AvgIpc) is 2.69. The molecule has 0 unspecified atom stereocenters. The molecule has 0 radical (unpaired) electrons. The molecule has 0 saturated carbocycles. The predicted molar refractivity (Wildman–Crippen MR) is 100 cm³/mol. The smallest absolute Gasteiger partial charge is 0.384 e. The largest absolute Gasteiger partial charge is 0.479 e. The molecule has 2 aromatic rings. The lowest BCUT2D eigenvalue weighted by Crippen LogP contribution is -2.25. The molecule has 0 aromatic heterocycles. The molecule has 0 aliphatic heterocycles. The SMILES string of the molecule is CO/C(O)=C(/N(Cc1ccccc1)Cc1ccccc1)P(=O)(OC)OC. The van der Waals surface area contributed by atoms with E-state index in [4.69, 9.17) is 13.8 Å². The third kappa shape index (κ3) is 4.88. The molecule has 0 amide bonds. The molecule has 0 atom stereocenters. The summed E-state index contributed by atoms with van der Waals surface area (Å²) >= 11 is 0. The summed E-state index contributed by atoms with van der Waals surface area (Å²) in [4.78, 5) is 1.73. The van der Waals surface area contributed by atoms with E-state index in [-0.39, 0.29) is 5.44 Å². The first kappa shape index (κ1) is 20.0. The van der Waals surface area contributed by atoms with Gasteiger partial charge in [0.05, 0.1) is 7.11 Å². The number of hydrogen-bond acceptors (Lipinski definition) is 6. The topological polar surface area (TPSA) is 68.2 Å². The highest BCUT2D eigenvalue weighted by Gasteiger charge is 2.37. The van der Waals surface area contributed by atoms with Crippen LogP contribution < -0.4 is 0 Å². The highest BCUT2D eigenvalue weighted by atomic mass is 31.2. The molecule has 0 heterocycles. The second-order valence-corrected chi connectivity index (χ2v) is 7.67. The first-order valence-corrected chi connectivity index (χ1v) is 9.60. The van der Waals surface area contributed by atoms with Crippen LogP contribution in [0.4, 0.5) is 0 Å². The highest BCUT2D eigenvalue weighted by molar-refractivity contribution is 7.58. The van der Waals surface area contributed by atoms with Gasteiger partial charge in [-0.2, -0.15) is 0 Å². The Hall–Kier alpha value is -2.27. The summed E-state index contributed by atoms with van der Waals surface area (Å²) in [5.41, 5.74) is 1.94. The highest BCUT2D eigenvalue weighted by Crippen LogP contribution is 2.57. The van der Waals surface area contributed by atoms with Crippen molar-refractivity contribution in [2.75, 3.05) is 21.3 Å². The number of aliphatic hydroxyl groups excluding tert-OH is 1. The van der Waals surface area contributed by atoms with Crippen molar-refractivity contribution in [1.29, 1.82) is 0 Å². The molecule has 0 aliphatic rings. The van der Waals surface area contributed by atoms with E-state index in [0.29, 0.717) is 13.1 Å². The predicted octanol–water partition coefficient (Wildman–Crippen LogP) is 4.51. The second-order valence-electron chi connectivity index (χ2n) is 5.52. The lowest BCUT2D eigenvalue weighted by atomic mass is 10.2. The van der Waals surface area contributed by atoms with E-state index in [1.807, 2.05) is 60.7 Å². The van der Waals surface area contributed by atoms with Gasteiger partial charge in [0.15, 0.2) is 0 Å². The summed E-state index contributed by atoms with van der Waals surface area (Å²) in [6, 6.07) is 19.3. The van der Waals surface area contributed by atoms with Crippen molar-refractivity contribution in [2.24, 2.45) is 0 Å². The summed E-state index contributed by atoms with van der Waals surface area (Å²) in [6.07, 6.45) is 0. The van der Waals surface area contributed by atoms with Crippen molar-refractivity contribution < 1.29 is 23.5 Å². The quantitative estimate of drug-likeness (QED) is 0.512. The number of aliphatic hydroxyl groups is 1. The molecule has 2 rings (SSSR count). The van der Waals surface area contributed by atoms with Crippen LogP contribution in [0.15, 0.2) is 72.0 Å². The summed E-state index contributed by atoms with van der Waals surface area (Å²) in [5.74, 6) is -0.496. The molecule has 2 aromatic carbocycles. The lowest BCUT2D eigenvalue weighted by Gasteiger charge is -2.30. The van der Waals surface area contributed by atoms with E-state index in [9.17, 15) is 9.67 Å². The molecule has 0 saturated heterocycles. The lowest BCUT2D eigenvalue weighted by molar-refractivity contribution is 0.115. The van der Waals surface area contributed by atoms with Crippen molar-refractivity contribution in [3.05, 3.63) is 83.2 Å². The number of methoxy groups -OCH3 is 1. The molecular formula is C19H24NO5P.